The molecule has 0 aliphatic rings. The lowest BCUT2D eigenvalue weighted by Gasteiger charge is -2.11. The highest BCUT2D eigenvalue weighted by Gasteiger charge is 2.12. The molecule has 0 heterocycles. The minimum atomic E-state index is 0.151. The van der Waals surface area contributed by atoms with E-state index in [9.17, 15) is 4.79 Å². The van der Waals surface area contributed by atoms with E-state index in [0.717, 1.165) is 18.6 Å². The monoisotopic (exact) mass is 220 g/mol. The summed E-state index contributed by atoms with van der Waals surface area (Å²) in [5, 5.41) is 0. The molecule has 2 heteroatoms. The van der Waals surface area contributed by atoms with E-state index in [0.29, 0.717) is 6.61 Å². The molecule has 0 saturated carbocycles. The number of ketones is 1. The van der Waals surface area contributed by atoms with Crippen molar-refractivity contribution in [1.82, 2.24) is 0 Å². The van der Waals surface area contributed by atoms with Crippen LogP contribution in [0.15, 0.2) is 24.3 Å². The molecular weight excluding hydrogens is 200 g/mol. The van der Waals surface area contributed by atoms with Gasteiger partial charge in [-0.2, -0.15) is 0 Å². The van der Waals surface area contributed by atoms with Crippen molar-refractivity contribution in [3.05, 3.63) is 29.8 Å². The second-order valence-electron chi connectivity index (χ2n) is 4.00. The third-order valence-corrected chi connectivity index (χ3v) is 2.78. The van der Waals surface area contributed by atoms with E-state index < -0.39 is 0 Å². The Hall–Kier alpha value is -1.31. The molecule has 0 aromatic heterocycles. The number of carbonyl (C=O) groups is 1. The quantitative estimate of drug-likeness (QED) is 0.735. The van der Waals surface area contributed by atoms with Crippen molar-refractivity contribution in [3.8, 4) is 5.75 Å². The van der Waals surface area contributed by atoms with Crippen molar-refractivity contribution in [2.45, 2.75) is 33.6 Å². The van der Waals surface area contributed by atoms with Gasteiger partial charge in [0, 0.05) is 5.92 Å². The average Bonchev–Trinajstić information content (AvgIpc) is 2.28. The standard InChI is InChI=1S/C14H20O2/c1-4-13(11(3)15)10-12-6-8-14(9-7-12)16-5-2/h6-9,13H,4-5,10H2,1-3H3. The summed E-state index contributed by atoms with van der Waals surface area (Å²) in [5.74, 6) is 1.32. The van der Waals surface area contributed by atoms with Crippen LogP contribution in [0.3, 0.4) is 0 Å². The van der Waals surface area contributed by atoms with Gasteiger partial charge >= 0.3 is 0 Å². The first-order valence-corrected chi connectivity index (χ1v) is 5.89. The molecule has 1 atom stereocenters. The summed E-state index contributed by atoms with van der Waals surface area (Å²) in [6.45, 7) is 6.38. The lowest BCUT2D eigenvalue weighted by atomic mass is 9.94. The van der Waals surface area contributed by atoms with E-state index in [1.807, 2.05) is 31.2 Å². The highest BCUT2D eigenvalue weighted by molar-refractivity contribution is 5.78. The molecule has 0 aliphatic heterocycles. The van der Waals surface area contributed by atoms with Crippen molar-refractivity contribution in [2.75, 3.05) is 6.61 Å². The molecule has 0 N–H and O–H groups in total. The number of hydrogen-bond donors (Lipinski definition) is 0. The highest BCUT2D eigenvalue weighted by Crippen LogP contribution is 2.17. The Morgan fingerprint density at radius 3 is 2.31 bits per heavy atom. The van der Waals surface area contributed by atoms with Crippen LogP contribution < -0.4 is 4.74 Å². The molecule has 0 amide bonds. The Kier molecular flexibility index (Phi) is 5.03. The SMILES string of the molecule is CCOc1ccc(CC(CC)C(C)=O)cc1. The first kappa shape index (κ1) is 12.8. The largest absolute Gasteiger partial charge is 0.494 e. The van der Waals surface area contributed by atoms with Crippen LogP contribution in [0.2, 0.25) is 0 Å². The van der Waals surface area contributed by atoms with Crippen molar-refractivity contribution < 1.29 is 9.53 Å². The van der Waals surface area contributed by atoms with Gasteiger partial charge in [0.2, 0.25) is 0 Å². The summed E-state index contributed by atoms with van der Waals surface area (Å²) >= 11 is 0. The maximum Gasteiger partial charge on any atom is 0.133 e. The van der Waals surface area contributed by atoms with Crippen molar-refractivity contribution >= 4 is 5.78 Å². The first-order chi connectivity index (χ1) is 7.67. The van der Waals surface area contributed by atoms with Crippen LogP contribution in [0.25, 0.3) is 0 Å². The maximum atomic E-state index is 11.3. The van der Waals surface area contributed by atoms with Crippen LogP contribution in [0, 0.1) is 5.92 Å². The molecule has 0 fully saturated rings. The molecule has 16 heavy (non-hydrogen) atoms. The zero-order chi connectivity index (χ0) is 12.0. The van der Waals surface area contributed by atoms with E-state index in [-0.39, 0.29) is 11.7 Å². The highest BCUT2D eigenvalue weighted by atomic mass is 16.5. The molecule has 88 valence electrons. The molecule has 0 aliphatic carbocycles. The van der Waals surface area contributed by atoms with Gasteiger partial charge in [0.05, 0.1) is 6.61 Å². The van der Waals surface area contributed by atoms with Crippen molar-refractivity contribution in [3.63, 3.8) is 0 Å². The molecule has 0 saturated heterocycles. The summed E-state index contributed by atoms with van der Waals surface area (Å²) in [7, 11) is 0. The van der Waals surface area contributed by atoms with Gasteiger partial charge in [-0.3, -0.25) is 4.79 Å². The lowest BCUT2D eigenvalue weighted by molar-refractivity contribution is -0.120. The summed E-state index contributed by atoms with van der Waals surface area (Å²) < 4.78 is 5.37. The molecule has 0 spiro atoms. The van der Waals surface area contributed by atoms with Crippen LogP contribution >= 0.6 is 0 Å². The van der Waals surface area contributed by atoms with Gasteiger partial charge in [0.15, 0.2) is 0 Å². The van der Waals surface area contributed by atoms with Crippen LogP contribution in [0.1, 0.15) is 32.8 Å². The maximum absolute atomic E-state index is 11.3. The van der Waals surface area contributed by atoms with Gasteiger partial charge in [0.25, 0.3) is 0 Å². The van der Waals surface area contributed by atoms with E-state index in [2.05, 4.69) is 6.92 Å². The molecule has 1 unspecified atom stereocenters. The average molecular weight is 220 g/mol. The Morgan fingerprint density at radius 1 is 1.25 bits per heavy atom. The summed E-state index contributed by atoms with van der Waals surface area (Å²) in [6, 6.07) is 8.00. The van der Waals surface area contributed by atoms with E-state index in [1.165, 1.54) is 5.56 Å². The van der Waals surface area contributed by atoms with Crippen LogP contribution in [-0.4, -0.2) is 12.4 Å². The number of hydrogen-bond acceptors (Lipinski definition) is 2. The van der Waals surface area contributed by atoms with Gasteiger partial charge < -0.3 is 4.74 Å². The second kappa shape index (κ2) is 6.31. The van der Waals surface area contributed by atoms with E-state index in [4.69, 9.17) is 4.74 Å². The first-order valence-electron chi connectivity index (χ1n) is 5.89. The minimum absolute atomic E-state index is 0.151. The molecule has 1 rings (SSSR count). The predicted molar refractivity (Wildman–Crippen MR) is 65.8 cm³/mol. The van der Waals surface area contributed by atoms with Gasteiger partial charge in [-0.1, -0.05) is 19.1 Å². The number of Topliss-reactive ketones (excluding diaryl/α,β-unsaturated/α-hetero) is 1. The van der Waals surface area contributed by atoms with E-state index in [1.54, 1.807) is 6.92 Å². The van der Waals surface area contributed by atoms with Crippen molar-refractivity contribution in [2.24, 2.45) is 5.92 Å². The molecular formula is C14H20O2. The molecule has 2 nitrogen and oxygen atoms in total. The number of carbonyl (C=O) groups excluding carboxylic acids is 1. The molecule has 1 aromatic rings. The Bertz CT molecular complexity index is 327. The zero-order valence-electron chi connectivity index (χ0n) is 10.3. The van der Waals surface area contributed by atoms with Gasteiger partial charge in [-0.15, -0.1) is 0 Å². The fourth-order valence-electron chi connectivity index (χ4n) is 1.75. The Morgan fingerprint density at radius 2 is 1.88 bits per heavy atom. The topological polar surface area (TPSA) is 26.3 Å². The lowest BCUT2D eigenvalue weighted by Crippen LogP contribution is -2.12. The molecule has 0 bridgehead atoms. The fourth-order valence-corrected chi connectivity index (χ4v) is 1.75. The summed E-state index contributed by atoms with van der Waals surface area (Å²) in [6.07, 6.45) is 1.74. The van der Waals surface area contributed by atoms with Gasteiger partial charge in [-0.25, -0.2) is 0 Å². The zero-order valence-corrected chi connectivity index (χ0v) is 10.3. The van der Waals surface area contributed by atoms with Crippen LogP contribution in [0.4, 0.5) is 0 Å². The predicted octanol–water partition coefficient (Wildman–Crippen LogP) is 3.24. The Balaban J connectivity index is 2.63. The third kappa shape index (κ3) is 3.69. The Labute approximate surface area is 97.6 Å². The summed E-state index contributed by atoms with van der Waals surface area (Å²) in [4.78, 5) is 11.3. The summed E-state index contributed by atoms with van der Waals surface area (Å²) in [5.41, 5.74) is 1.20. The van der Waals surface area contributed by atoms with Crippen LogP contribution in [0.5, 0.6) is 5.75 Å². The van der Waals surface area contributed by atoms with E-state index >= 15 is 0 Å². The normalized spacial score (nSPS) is 12.2. The minimum Gasteiger partial charge on any atom is -0.494 e. The molecule has 1 aromatic carbocycles. The molecule has 0 radical (unpaired) electrons. The third-order valence-electron chi connectivity index (χ3n) is 2.78. The second-order valence-corrected chi connectivity index (χ2v) is 4.00. The number of rotatable bonds is 6. The number of benzene rings is 1. The van der Waals surface area contributed by atoms with Gasteiger partial charge in [0.1, 0.15) is 11.5 Å². The van der Waals surface area contributed by atoms with Crippen molar-refractivity contribution in [1.29, 1.82) is 0 Å². The van der Waals surface area contributed by atoms with Crippen LogP contribution in [-0.2, 0) is 11.2 Å². The smallest absolute Gasteiger partial charge is 0.133 e. The fraction of sp³-hybridized carbons (Fsp3) is 0.500. The van der Waals surface area contributed by atoms with Gasteiger partial charge in [-0.05, 0) is 44.4 Å². The number of ether oxygens (including phenoxy) is 1.